The van der Waals surface area contributed by atoms with Crippen molar-refractivity contribution in [2.45, 2.75) is 0 Å². The third-order valence-electron chi connectivity index (χ3n) is 1.58. The summed E-state index contributed by atoms with van der Waals surface area (Å²) >= 11 is 0. The first-order valence-electron chi connectivity index (χ1n) is 4.01. The van der Waals surface area contributed by atoms with Crippen molar-refractivity contribution in [3.63, 3.8) is 0 Å². The molecule has 0 aromatic heterocycles. The Labute approximate surface area is 88.3 Å². The van der Waals surface area contributed by atoms with E-state index < -0.39 is 34.6 Å². The third-order valence-corrected chi connectivity index (χ3v) is 1.58. The molecule has 1 aromatic rings. The second kappa shape index (κ2) is 4.51. The Morgan fingerprint density at radius 1 is 1.50 bits per heavy atom. The first-order valence-corrected chi connectivity index (χ1v) is 4.01. The van der Waals surface area contributed by atoms with Crippen LogP contribution in [0.3, 0.4) is 0 Å². The second-order valence-electron chi connectivity index (χ2n) is 2.81. The van der Waals surface area contributed by atoms with Crippen molar-refractivity contribution in [1.82, 2.24) is 0 Å². The van der Waals surface area contributed by atoms with Crippen LogP contribution in [0.4, 0.5) is 14.5 Å². The van der Waals surface area contributed by atoms with Crippen LogP contribution in [-0.4, -0.2) is 17.4 Å². The normalized spacial score (nSPS) is 9.88. The Balaban J connectivity index is 3.01. The number of nitro groups is 1. The largest absolute Gasteiger partial charge is 0.483 e. The molecule has 0 bridgehead atoms. The fourth-order valence-corrected chi connectivity index (χ4v) is 0.924. The monoisotopic (exact) mass is 231 g/mol. The van der Waals surface area contributed by atoms with E-state index in [-0.39, 0.29) is 5.84 Å². The van der Waals surface area contributed by atoms with E-state index in [1.807, 2.05) is 0 Å². The van der Waals surface area contributed by atoms with Crippen LogP contribution >= 0.6 is 0 Å². The first kappa shape index (κ1) is 11.8. The molecule has 0 aliphatic carbocycles. The number of nitrogens with zero attached hydrogens (tertiary/aromatic N) is 1. The second-order valence-corrected chi connectivity index (χ2v) is 2.81. The maximum atomic E-state index is 13.1. The summed E-state index contributed by atoms with van der Waals surface area (Å²) in [6, 6.07) is 0.946. The fraction of sp³-hybridized carbons (Fsp3) is 0.125. The van der Waals surface area contributed by atoms with Crippen LogP contribution in [0.2, 0.25) is 0 Å². The van der Waals surface area contributed by atoms with Crippen LogP contribution in [-0.2, 0) is 0 Å². The number of halogens is 2. The lowest BCUT2D eigenvalue weighted by Gasteiger charge is -2.05. The highest BCUT2D eigenvalue weighted by molar-refractivity contribution is 5.78. The molecule has 0 unspecified atom stereocenters. The van der Waals surface area contributed by atoms with Crippen molar-refractivity contribution in [1.29, 1.82) is 5.41 Å². The Morgan fingerprint density at radius 3 is 2.62 bits per heavy atom. The van der Waals surface area contributed by atoms with Crippen molar-refractivity contribution in [2.24, 2.45) is 5.73 Å². The quantitative estimate of drug-likeness (QED) is 0.351. The van der Waals surface area contributed by atoms with Crippen molar-refractivity contribution in [3.8, 4) is 5.75 Å². The number of ether oxygens (including phenoxy) is 1. The Morgan fingerprint density at radius 2 is 2.12 bits per heavy atom. The smallest absolute Gasteiger partial charge is 0.307 e. The highest BCUT2D eigenvalue weighted by atomic mass is 19.1. The molecule has 0 saturated heterocycles. The third kappa shape index (κ3) is 2.62. The highest BCUT2D eigenvalue weighted by Crippen LogP contribution is 2.26. The standard InChI is InChI=1S/C8H7F2N3O3/c9-4-2-7(16-3-8(11)12)5(10)1-6(4)13(14)15/h1-2H,3H2,(H3,11,12). The average molecular weight is 231 g/mol. The minimum absolute atomic E-state index is 0.377. The molecule has 0 aliphatic heterocycles. The van der Waals surface area contributed by atoms with E-state index in [2.05, 4.69) is 4.74 Å². The molecule has 16 heavy (non-hydrogen) atoms. The molecule has 0 aliphatic rings. The van der Waals surface area contributed by atoms with E-state index in [1.54, 1.807) is 0 Å². The summed E-state index contributed by atoms with van der Waals surface area (Å²) in [6.07, 6.45) is 0. The maximum Gasteiger partial charge on any atom is 0.307 e. The van der Waals surface area contributed by atoms with Gasteiger partial charge in [0.1, 0.15) is 12.4 Å². The molecule has 0 fully saturated rings. The van der Waals surface area contributed by atoms with Gasteiger partial charge in [-0.25, -0.2) is 4.39 Å². The molecule has 1 aromatic carbocycles. The van der Waals surface area contributed by atoms with Gasteiger partial charge in [0.05, 0.1) is 11.0 Å². The van der Waals surface area contributed by atoms with Gasteiger partial charge >= 0.3 is 5.69 Å². The van der Waals surface area contributed by atoms with Gasteiger partial charge in [0, 0.05) is 6.07 Å². The molecule has 3 N–H and O–H groups in total. The van der Waals surface area contributed by atoms with Gasteiger partial charge in [-0.15, -0.1) is 0 Å². The van der Waals surface area contributed by atoms with Crippen LogP contribution in [0.15, 0.2) is 12.1 Å². The zero-order valence-corrected chi connectivity index (χ0v) is 7.87. The number of benzene rings is 1. The molecule has 86 valence electrons. The lowest BCUT2D eigenvalue weighted by Crippen LogP contribution is -2.19. The van der Waals surface area contributed by atoms with Gasteiger partial charge in [0.15, 0.2) is 11.6 Å². The zero-order chi connectivity index (χ0) is 12.3. The molecule has 6 nitrogen and oxygen atoms in total. The topological polar surface area (TPSA) is 102 Å². The fourth-order valence-electron chi connectivity index (χ4n) is 0.924. The van der Waals surface area contributed by atoms with Crippen molar-refractivity contribution in [2.75, 3.05) is 6.61 Å². The summed E-state index contributed by atoms with van der Waals surface area (Å²) < 4.78 is 30.8. The minimum Gasteiger partial charge on any atom is -0.483 e. The van der Waals surface area contributed by atoms with Crippen molar-refractivity contribution < 1.29 is 18.4 Å². The molecular weight excluding hydrogens is 224 g/mol. The van der Waals surface area contributed by atoms with Gasteiger partial charge in [-0.3, -0.25) is 15.5 Å². The summed E-state index contributed by atoms with van der Waals surface area (Å²) in [4.78, 5) is 9.21. The molecule has 0 heterocycles. The maximum absolute atomic E-state index is 13.1. The number of amidine groups is 1. The number of nitrogens with one attached hydrogen (secondary N) is 1. The number of hydrogen-bond donors (Lipinski definition) is 2. The molecule has 0 amide bonds. The SMILES string of the molecule is N=C(N)COc1cc(F)c([N+](=O)[O-])cc1F. The molecule has 0 spiro atoms. The summed E-state index contributed by atoms with van der Waals surface area (Å²) in [7, 11) is 0. The predicted molar refractivity (Wildman–Crippen MR) is 50.4 cm³/mol. The van der Waals surface area contributed by atoms with E-state index in [1.165, 1.54) is 0 Å². The molecule has 0 saturated carbocycles. The zero-order valence-electron chi connectivity index (χ0n) is 7.87. The predicted octanol–water partition coefficient (Wildman–Crippen LogP) is 1.19. The Kier molecular flexibility index (Phi) is 3.33. The van der Waals surface area contributed by atoms with Crippen molar-refractivity contribution >= 4 is 11.5 Å². The molecule has 1 rings (SSSR count). The highest BCUT2D eigenvalue weighted by Gasteiger charge is 2.19. The van der Waals surface area contributed by atoms with E-state index >= 15 is 0 Å². The van der Waals surface area contributed by atoms with E-state index in [0.29, 0.717) is 12.1 Å². The summed E-state index contributed by atoms with van der Waals surface area (Å²) in [5.74, 6) is -3.21. The van der Waals surface area contributed by atoms with Crippen LogP contribution < -0.4 is 10.5 Å². The van der Waals surface area contributed by atoms with Crippen molar-refractivity contribution in [3.05, 3.63) is 33.9 Å². The number of hydrogen-bond acceptors (Lipinski definition) is 4. The number of nitrogens with two attached hydrogens (primary N) is 1. The molecule has 8 heteroatoms. The van der Waals surface area contributed by atoms with Crippen LogP contribution in [0.1, 0.15) is 0 Å². The Bertz CT molecular complexity index is 450. The van der Waals surface area contributed by atoms with Gasteiger partial charge in [-0.2, -0.15) is 4.39 Å². The van der Waals surface area contributed by atoms with Gasteiger partial charge in [-0.1, -0.05) is 0 Å². The molecule has 0 atom stereocenters. The molecular formula is C8H7F2N3O3. The van der Waals surface area contributed by atoms with Crippen LogP contribution in [0.5, 0.6) is 5.75 Å². The average Bonchev–Trinajstić information content (AvgIpc) is 2.18. The number of rotatable bonds is 4. The summed E-state index contributed by atoms with van der Waals surface area (Å²) in [6.45, 7) is -0.422. The van der Waals surface area contributed by atoms with Crippen LogP contribution in [0.25, 0.3) is 0 Å². The van der Waals surface area contributed by atoms with Gasteiger partial charge < -0.3 is 10.5 Å². The van der Waals surface area contributed by atoms with E-state index in [0.717, 1.165) is 0 Å². The molecule has 0 radical (unpaired) electrons. The number of nitro benzene ring substituents is 1. The summed E-state index contributed by atoms with van der Waals surface area (Å²) in [5, 5.41) is 17.1. The lowest BCUT2D eigenvalue weighted by molar-refractivity contribution is -0.387. The van der Waals surface area contributed by atoms with E-state index in [4.69, 9.17) is 11.1 Å². The van der Waals surface area contributed by atoms with Gasteiger partial charge in [0.2, 0.25) is 5.82 Å². The van der Waals surface area contributed by atoms with Gasteiger partial charge in [-0.05, 0) is 0 Å². The van der Waals surface area contributed by atoms with Gasteiger partial charge in [0.25, 0.3) is 0 Å². The minimum atomic E-state index is -1.22. The van der Waals surface area contributed by atoms with Crippen LogP contribution in [0, 0.1) is 27.2 Å². The Hall–Kier alpha value is -2.25. The first-order chi connectivity index (χ1) is 7.41. The van der Waals surface area contributed by atoms with E-state index in [9.17, 15) is 18.9 Å². The lowest BCUT2D eigenvalue weighted by atomic mass is 10.3. The summed E-state index contributed by atoms with van der Waals surface area (Å²) in [5.41, 5.74) is 3.96.